The van der Waals surface area contributed by atoms with Crippen molar-refractivity contribution < 1.29 is 9.47 Å². The molecule has 1 aliphatic rings. The minimum Gasteiger partial charge on any atom is -0.454 e. The number of benzene rings is 1. The van der Waals surface area contributed by atoms with Crippen LogP contribution < -0.4 is 20.7 Å². The zero-order chi connectivity index (χ0) is 15.0. The number of nitrogens with two attached hydrogens (primary N) is 1. The van der Waals surface area contributed by atoms with Crippen LogP contribution in [0.4, 0.5) is 5.82 Å². The second-order valence-corrected chi connectivity index (χ2v) is 5.06. The molecule has 1 aliphatic heterocycles. The van der Waals surface area contributed by atoms with Gasteiger partial charge in [0.1, 0.15) is 5.82 Å². The van der Waals surface area contributed by atoms with E-state index in [2.05, 4.69) is 15.4 Å². The summed E-state index contributed by atoms with van der Waals surface area (Å²) in [6.07, 6.45) is 0.786. The first-order valence-electron chi connectivity index (χ1n) is 6.57. The molecule has 0 aliphatic carbocycles. The van der Waals surface area contributed by atoms with Crippen molar-refractivity contribution in [3.05, 3.63) is 28.4 Å². The Balaban J connectivity index is 2.14. The predicted molar refractivity (Wildman–Crippen MR) is 80.5 cm³/mol. The lowest BCUT2D eigenvalue weighted by Crippen LogP contribution is -2.13. The van der Waals surface area contributed by atoms with E-state index in [1.165, 1.54) is 0 Å². The first kappa shape index (κ1) is 13.9. The molecule has 1 aromatic heterocycles. The van der Waals surface area contributed by atoms with Crippen molar-refractivity contribution in [3.63, 3.8) is 0 Å². The smallest absolute Gasteiger partial charge is 0.231 e. The number of nitrogen functional groups attached to an aromatic ring is 1. The quantitative estimate of drug-likeness (QED) is 0.670. The number of aromatic nitrogens is 2. The highest BCUT2D eigenvalue weighted by Crippen LogP contribution is 2.42. The van der Waals surface area contributed by atoms with Crippen molar-refractivity contribution in [3.8, 4) is 22.9 Å². The zero-order valence-electron chi connectivity index (χ0n) is 11.7. The molecule has 0 unspecified atom stereocenters. The minimum atomic E-state index is 0.170. The number of aryl methyl sites for hydroxylation is 1. The summed E-state index contributed by atoms with van der Waals surface area (Å²) in [5.41, 5.74) is 5.24. The number of ether oxygens (including phenoxy) is 2. The highest BCUT2D eigenvalue weighted by atomic mass is 35.5. The van der Waals surface area contributed by atoms with Gasteiger partial charge in [0.2, 0.25) is 6.79 Å². The molecular formula is C14H15ClN4O2. The third-order valence-corrected chi connectivity index (χ3v) is 3.68. The largest absolute Gasteiger partial charge is 0.454 e. The molecule has 0 amide bonds. The molecule has 1 aromatic carbocycles. The summed E-state index contributed by atoms with van der Waals surface area (Å²) < 4.78 is 10.7. The highest BCUT2D eigenvalue weighted by molar-refractivity contribution is 6.32. The molecule has 0 bridgehead atoms. The molecule has 0 atom stereocenters. The van der Waals surface area contributed by atoms with E-state index in [0.29, 0.717) is 28.2 Å². The lowest BCUT2D eigenvalue weighted by atomic mass is 10.1. The van der Waals surface area contributed by atoms with Gasteiger partial charge >= 0.3 is 0 Å². The second-order valence-electron chi connectivity index (χ2n) is 4.66. The number of halogens is 1. The predicted octanol–water partition coefficient (Wildman–Crippen LogP) is 2.68. The van der Waals surface area contributed by atoms with E-state index in [-0.39, 0.29) is 6.79 Å². The lowest BCUT2D eigenvalue weighted by molar-refractivity contribution is 0.174. The molecule has 0 saturated heterocycles. The lowest BCUT2D eigenvalue weighted by Gasteiger charge is -2.11. The minimum absolute atomic E-state index is 0.170. The van der Waals surface area contributed by atoms with Crippen molar-refractivity contribution in [2.75, 3.05) is 12.2 Å². The van der Waals surface area contributed by atoms with Crippen molar-refractivity contribution in [1.29, 1.82) is 0 Å². The molecule has 2 heterocycles. The Labute approximate surface area is 127 Å². The summed E-state index contributed by atoms with van der Waals surface area (Å²) in [6, 6.07) is 3.58. The van der Waals surface area contributed by atoms with Gasteiger partial charge in [-0.2, -0.15) is 0 Å². The van der Waals surface area contributed by atoms with Gasteiger partial charge in [0.25, 0.3) is 0 Å². The molecule has 0 saturated carbocycles. The average molecular weight is 307 g/mol. The number of nitrogens with zero attached hydrogens (tertiary/aromatic N) is 2. The number of nitrogens with one attached hydrogen (secondary N) is 1. The molecule has 21 heavy (non-hydrogen) atoms. The second kappa shape index (κ2) is 5.38. The fourth-order valence-corrected chi connectivity index (χ4v) is 2.54. The van der Waals surface area contributed by atoms with Gasteiger partial charge in [0.15, 0.2) is 17.3 Å². The first-order chi connectivity index (χ1) is 10.1. The van der Waals surface area contributed by atoms with Gasteiger partial charge in [0.05, 0.1) is 5.02 Å². The highest BCUT2D eigenvalue weighted by Gasteiger charge is 2.20. The Morgan fingerprint density at radius 3 is 2.86 bits per heavy atom. The summed E-state index contributed by atoms with van der Waals surface area (Å²) in [4.78, 5) is 9.01. The molecule has 6 nitrogen and oxygen atoms in total. The molecule has 110 valence electrons. The maximum atomic E-state index is 6.20. The number of fused-ring (bicyclic) bond motifs is 1. The zero-order valence-corrected chi connectivity index (χ0v) is 12.5. The molecule has 2 aromatic rings. The standard InChI is InChI=1S/C14H15ClN4O2/c1-3-10-7(2)13(19-16)18-14(17-10)8-4-9(15)12-11(5-8)20-6-21-12/h4-5H,3,6,16H2,1-2H3,(H,17,18,19). The van der Waals surface area contributed by atoms with Crippen molar-refractivity contribution in [1.82, 2.24) is 9.97 Å². The number of rotatable bonds is 3. The Bertz CT molecular complexity index is 681. The van der Waals surface area contributed by atoms with Crippen molar-refractivity contribution in [2.45, 2.75) is 20.3 Å². The SMILES string of the molecule is CCc1nc(-c2cc(Cl)c3c(c2)OCO3)nc(NN)c1C. The van der Waals surface area contributed by atoms with Crippen LogP contribution in [0.15, 0.2) is 12.1 Å². The van der Waals surface area contributed by atoms with E-state index >= 15 is 0 Å². The molecular weight excluding hydrogens is 292 g/mol. The first-order valence-corrected chi connectivity index (χ1v) is 6.95. The van der Waals surface area contributed by atoms with Gasteiger partial charge in [-0.1, -0.05) is 18.5 Å². The van der Waals surface area contributed by atoms with E-state index in [0.717, 1.165) is 23.2 Å². The number of hydrogen-bond acceptors (Lipinski definition) is 6. The van der Waals surface area contributed by atoms with Crippen LogP contribution in [-0.4, -0.2) is 16.8 Å². The maximum absolute atomic E-state index is 6.20. The molecule has 0 radical (unpaired) electrons. The van der Waals surface area contributed by atoms with Crippen LogP contribution in [-0.2, 0) is 6.42 Å². The molecule has 0 fully saturated rings. The van der Waals surface area contributed by atoms with Crippen molar-refractivity contribution >= 4 is 17.4 Å². The van der Waals surface area contributed by atoms with Crippen LogP contribution in [0.1, 0.15) is 18.2 Å². The topological polar surface area (TPSA) is 82.3 Å². The van der Waals surface area contributed by atoms with Crippen LogP contribution in [0.2, 0.25) is 5.02 Å². The summed E-state index contributed by atoms with van der Waals surface area (Å²) in [7, 11) is 0. The van der Waals surface area contributed by atoms with E-state index in [1.807, 2.05) is 19.9 Å². The summed E-state index contributed by atoms with van der Waals surface area (Å²) in [5, 5.41) is 0.476. The Kier molecular flexibility index (Phi) is 3.57. The van der Waals surface area contributed by atoms with Gasteiger partial charge in [-0.3, -0.25) is 0 Å². The molecule has 3 N–H and O–H groups in total. The van der Waals surface area contributed by atoms with Gasteiger partial charge in [0, 0.05) is 16.8 Å². The summed E-state index contributed by atoms with van der Waals surface area (Å²) in [6.45, 7) is 4.14. The van der Waals surface area contributed by atoms with Crippen LogP contribution >= 0.6 is 11.6 Å². The van der Waals surface area contributed by atoms with E-state index in [9.17, 15) is 0 Å². The molecule has 7 heteroatoms. The Morgan fingerprint density at radius 1 is 1.33 bits per heavy atom. The molecule has 3 rings (SSSR count). The monoisotopic (exact) mass is 306 g/mol. The Hall–Kier alpha value is -2.05. The normalized spacial score (nSPS) is 12.6. The van der Waals surface area contributed by atoms with E-state index in [4.69, 9.17) is 26.9 Å². The number of hydrogen-bond donors (Lipinski definition) is 2. The van der Waals surface area contributed by atoms with Crippen LogP contribution in [0.3, 0.4) is 0 Å². The Morgan fingerprint density at radius 2 is 2.14 bits per heavy atom. The number of hydrazine groups is 1. The van der Waals surface area contributed by atoms with Crippen LogP contribution in [0.25, 0.3) is 11.4 Å². The summed E-state index contributed by atoms with van der Waals surface area (Å²) in [5.74, 6) is 7.83. The van der Waals surface area contributed by atoms with Gasteiger partial charge in [-0.15, -0.1) is 0 Å². The third-order valence-electron chi connectivity index (χ3n) is 3.40. The maximum Gasteiger partial charge on any atom is 0.231 e. The van der Waals surface area contributed by atoms with Crippen LogP contribution in [0.5, 0.6) is 11.5 Å². The number of anilines is 1. The van der Waals surface area contributed by atoms with Gasteiger partial charge in [-0.25, -0.2) is 15.8 Å². The van der Waals surface area contributed by atoms with E-state index < -0.39 is 0 Å². The molecule has 0 spiro atoms. The average Bonchev–Trinajstić information content (AvgIpc) is 2.96. The van der Waals surface area contributed by atoms with E-state index in [1.54, 1.807) is 6.07 Å². The fourth-order valence-electron chi connectivity index (χ4n) is 2.27. The van der Waals surface area contributed by atoms with Gasteiger partial charge < -0.3 is 14.9 Å². The fraction of sp³-hybridized carbons (Fsp3) is 0.286. The third kappa shape index (κ3) is 2.36. The summed E-state index contributed by atoms with van der Waals surface area (Å²) >= 11 is 6.20. The van der Waals surface area contributed by atoms with Gasteiger partial charge in [-0.05, 0) is 25.5 Å². The van der Waals surface area contributed by atoms with Crippen molar-refractivity contribution in [2.24, 2.45) is 5.84 Å². The van der Waals surface area contributed by atoms with Crippen LogP contribution in [0, 0.1) is 6.92 Å².